The lowest BCUT2D eigenvalue weighted by atomic mass is 10.1. The molecule has 2 rings (SSSR count). The summed E-state index contributed by atoms with van der Waals surface area (Å²) in [4.78, 5) is 43.4. The molecular formula is C21H29N3O3. The first-order valence-corrected chi connectivity index (χ1v) is 9.61. The van der Waals surface area contributed by atoms with Crippen LogP contribution in [0.3, 0.4) is 0 Å². The number of rotatable bonds is 7. The first kappa shape index (κ1) is 20.8. The summed E-state index contributed by atoms with van der Waals surface area (Å²) in [6.07, 6.45) is 3.30. The van der Waals surface area contributed by atoms with E-state index in [2.05, 4.69) is 4.98 Å². The van der Waals surface area contributed by atoms with Gasteiger partial charge >= 0.3 is 0 Å². The maximum absolute atomic E-state index is 13.2. The zero-order chi connectivity index (χ0) is 20.1. The van der Waals surface area contributed by atoms with Gasteiger partial charge in [-0.3, -0.25) is 14.4 Å². The van der Waals surface area contributed by atoms with Crippen LogP contribution < -0.4 is 10.6 Å². The molecule has 6 nitrogen and oxygen atoms in total. The molecular weight excluding hydrogens is 342 g/mol. The van der Waals surface area contributed by atoms with Gasteiger partial charge in [0.05, 0.1) is 0 Å². The van der Waals surface area contributed by atoms with Gasteiger partial charge in [0.15, 0.2) is 5.65 Å². The Hall–Kier alpha value is -2.50. The Labute approximate surface area is 160 Å². The Morgan fingerprint density at radius 2 is 1.70 bits per heavy atom. The molecule has 0 bridgehead atoms. The van der Waals surface area contributed by atoms with Crippen LogP contribution in [0.4, 0.5) is 0 Å². The number of nitrogens with zero attached hydrogens (tertiary/aromatic N) is 3. The zero-order valence-electron chi connectivity index (χ0n) is 16.9. The minimum Gasteiger partial charge on any atom is -0.272 e. The molecule has 0 atom stereocenters. The van der Waals surface area contributed by atoms with E-state index in [1.54, 1.807) is 12.3 Å². The third kappa shape index (κ3) is 4.81. The lowest BCUT2D eigenvalue weighted by Crippen LogP contribution is -2.51. The van der Waals surface area contributed by atoms with Crippen LogP contribution in [0, 0.1) is 11.8 Å². The van der Waals surface area contributed by atoms with Crippen LogP contribution in [0.1, 0.15) is 59.4 Å². The number of aryl methyl sites for hydroxylation is 1. The predicted octanol–water partition coefficient (Wildman–Crippen LogP) is 3.43. The molecule has 0 aliphatic rings. The molecule has 0 fully saturated rings. The van der Waals surface area contributed by atoms with Gasteiger partial charge in [0.2, 0.25) is 11.8 Å². The van der Waals surface area contributed by atoms with E-state index in [9.17, 15) is 14.4 Å². The van der Waals surface area contributed by atoms with Crippen molar-refractivity contribution in [3.8, 4) is 0 Å². The van der Waals surface area contributed by atoms with E-state index in [1.807, 2.05) is 46.8 Å². The molecule has 2 heterocycles. The summed E-state index contributed by atoms with van der Waals surface area (Å²) in [5.74, 6) is -0.613. The molecule has 0 N–H and O–H groups in total. The van der Waals surface area contributed by atoms with Gasteiger partial charge in [-0.2, -0.15) is 9.69 Å². The van der Waals surface area contributed by atoms with Crippen LogP contribution in [0.25, 0.3) is 11.0 Å². The third-order valence-corrected chi connectivity index (χ3v) is 4.17. The van der Waals surface area contributed by atoms with E-state index in [0.717, 1.165) is 16.8 Å². The van der Waals surface area contributed by atoms with Gasteiger partial charge in [0, 0.05) is 30.0 Å². The quantitative estimate of drug-likeness (QED) is 0.747. The zero-order valence-corrected chi connectivity index (χ0v) is 16.9. The van der Waals surface area contributed by atoms with Gasteiger partial charge < -0.3 is 0 Å². The molecule has 6 heteroatoms. The number of pyridine rings is 2. The Morgan fingerprint density at radius 3 is 2.22 bits per heavy atom. The van der Waals surface area contributed by atoms with Gasteiger partial charge in [0.25, 0.3) is 5.56 Å². The van der Waals surface area contributed by atoms with Gasteiger partial charge in [-0.25, -0.2) is 4.98 Å². The summed E-state index contributed by atoms with van der Waals surface area (Å²) in [5.41, 5.74) is 0.562. The molecule has 0 radical (unpaired) electrons. The number of carbonyl (C=O) groups excluding carboxylic acids is 2. The number of amides is 2. The van der Waals surface area contributed by atoms with E-state index in [-0.39, 0.29) is 42.1 Å². The Morgan fingerprint density at radius 1 is 1.11 bits per heavy atom. The fraction of sp³-hybridized carbons (Fsp3) is 0.524. The van der Waals surface area contributed by atoms with Crippen molar-refractivity contribution < 1.29 is 9.59 Å². The van der Waals surface area contributed by atoms with Crippen LogP contribution >= 0.6 is 0 Å². The van der Waals surface area contributed by atoms with Crippen molar-refractivity contribution in [2.24, 2.45) is 11.8 Å². The number of carbonyl (C=O) groups is 2. The molecule has 0 aromatic carbocycles. The van der Waals surface area contributed by atoms with E-state index < -0.39 is 0 Å². The van der Waals surface area contributed by atoms with E-state index >= 15 is 0 Å². The highest BCUT2D eigenvalue weighted by molar-refractivity contribution is 6.09. The van der Waals surface area contributed by atoms with Crippen LogP contribution in [-0.2, 0) is 16.0 Å². The van der Waals surface area contributed by atoms with Crippen molar-refractivity contribution >= 4 is 22.8 Å². The molecule has 0 aliphatic heterocycles. The number of hydrogen-bond donors (Lipinski definition) is 0. The number of imide groups is 1. The van der Waals surface area contributed by atoms with Crippen molar-refractivity contribution in [2.45, 2.75) is 60.3 Å². The molecule has 27 heavy (non-hydrogen) atoms. The third-order valence-electron chi connectivity index (χ3n) is 4.17. The summed E-state index contributed by atoms with van der Waals surface area (Å²) in [6, 6.07) is 5.43. The molecule has 146 valence electrons. The second-order valence-corrected chi connectivity index (χ2v) is 7.75. The lowest BCUT2D eigenvalue weighted by molar-refractivity contribution is -0.129. The Balaban J connectivity index is 2.74. The van der Waals surface area contributed by atoms with Crippen LogP contribution in [0.15, 0.2) is 29.2 Å². The van der Waals surface area contributed by atoms with Gasteiger partial charge in [-0.05, 0) is 36.5 Å². The van der Waals surface area contributed by atoms with Crippen LogP contribution in [0.2, 0.25) is 0 Å². The topological polar surface area (TPSA) is 72.3 Å². The highest BCUT2D eigenvalue weighted by Crippen LogP contribution is 2.15. The minimum atomic E-state index is -0.377. The maximum Gasteiger partial charge on any atom is 0.275 e. The minimum absolute atomic E-state index is 0.0700. The molecule has 0 aliphatic carbocycles. The maximum atomic E-state index is 13.2. The van der Waals surface area contributed by atoms with E-state index in [0.29, 0.717) is 17.6 Å². The summed E-state index contributed by atoms with van der Waals surface area (Å²) >= 11 is 0. The fourth-order valence-electron chi connectivity index (χ4n) is 3.05. The van der Waals surface area contributed by atoms with Crippen LogP contribution in [-0.4, -0.2) is 21.5 Å². The van der Waals surface area contributed by atoms with E-state index in [4.69, 9.17) is 0 Å². The summed E-state index contributed by atoms with van der Waals surface area (Å²) in [6.45, 7) is 9.64. The highest BCUT2D eigenvalue weighted by Gasteiger charge is 2.28. The first-order valence-electron chi connectivity index (χ1n) is 9.61. The normalized spacial score (nSPS) is 11.4. The van der Waals surface area contributed by atoms with Crippen molar-refractivity contribution in [3.05, 3.63) is 40.3 Å². The number of fused-ring (bicyclic) bond motifs is 1. The largest absolute Gasteiger partial charge is 0.275 e. The van der Waals surface area contributed by atoms with Crippen molar-refractivity contribution in [1.29, 1.82) is 0 Å². The number of hydrogen-bond acceptors (Lipinski definition) is 4. The summed E-state index contributed by atoms with van der Waals surface area (Å²) in [7, 11) is 0. The molecule has 0 saturated heterocycles. The van der Waals surface area contributed by atoms with Gasteiger partial charge in [-0.1, -0.05) is 41.0 Å². The Bertz CT molecular complexity index is 862. The van der Waals surface area contributed by atoms with Crippen LogP contribution in [0.5, 0.6) is 0 Å². The molecule has 0 saturated carbocycles. The van der Waals surface area contributed by atoms with Crippen molar-refractivity contribution in [3.63, 3.8) is 0 Å². The molecule has 0 unspecified atom stereocenters. The monoisotopic (exact) mass is 371 g/mol. The van der Waals surface area contributed by atoms with Gasteiger partial charge in [-0.15, -0.1) is 0 Å². The smallest absolute Gasteiger partial charge is 0.272 e. The average Bonchev–Trinajstić information content (AvgIpc) is 2.57. The predicted molar refractivity (Wildman–Crippen MR) is 107 cm³/mol. The molecule has 0 spiro atoms. The first-order chi connectivity index (χ1) is 12.8. The standard InChI is InChI=1S/C21H29N3O3/c1-6-8-17-13-16-9-7-10-22-20(16)24(21(17)27)23(18(25)11-14(2)3)19(26)12-15(4)5/h7,9-10,13-15H,6,8,11-12H2,1-5H3. The Kier molecular flexibility index (Phi) is 6.88. The lowest BCUT2D eigenvalue weighted by Gasteiger charge is -2.25. The highest BCUT2D eigenvalue weighted by atomic mass is 16.2. The average molecular weight is 371 g/mol. The summed E-state index contributed by atoms with van der Waals surface area (Å²) in [5, 5.41) is 1.76. The van der Waals surface area contributed by atoms with Crippen molar-refractivity contribution in [2.75, 3.05) is 5.01 Å². The second-order valence-electron chi connectivity index (χ2n) is 7.75. The molecule has 2 amide bonds. The summed E-state index contributed by atoms with van der Waals surface area (Å²) < 4.78 is 1.19. The molecule has 2 aromatic rings. The fourth-order valence-corrected chi connectivity index (χ4v) is 3.05. The second kappa shape index (κ2) is 8.93. The van der Waals surface area contributed by atoms with Crippen molar-refractivity contribution in [1.82, 2.24) is 9.66 Å². The SMILES string of the molecule is CCCc1cc2cccnc2n(N(C(=O)CC(C)C)C(=O)CC(C)C)c1=O. The number of aromatic nitrogens is 2. The molecule has 2 aromatic heterocycles. The van der Waals surface area contributed by atoms with Gasteiger partial charge in [0.1, 0.15) is 0 Å². The van der Waals surface area contributed by atoms with E-state index in [1.165, 1.54) is 4.68 Å².